The molecular weight excluding hydrogens is 228 g/mol. The lowest BCUT2D eigenvalue weighted by atomic mass is 10.2. The molecule has 0 atom stereocenters. The molecule has 88 valence electrons. The molecule has 3 heterocycles. The van der Waals surface area contributed by atoms with Gasteiger partial charge in [0, 0.05) is 24.5 Å². The minimum Gasteiger partial charge on any atom is -0.272 e. The molecule has 0 saturated carbocycles. The third-order valence-corrected chi connectivity index (χ3v) is 3.03. The zero-order valence-corrected chi connectivity index (χ0v) is 9.99. The summed E-state index contributed by atoms with van der Waals surface area (Å²) >= 11 is 0. The number of aromatic nitrogens is 5. The molecule has 3 rings (SSSR count). The minimum absolute atomic E-state index is 0.471. The molecule has 0 aliphatic carbocycles. The molecule has 0 amide bonds. The summed E-state index contributed by atoms with van der Waals surface area (Å²) in [6.45, 7) is 1.99. The molecule has 0 aliphatic rings. The summed E-state index contributed by atoms with van der Waals surface area (Å²) < 4.78 is 3.47. The van der Waals surface area contributed by atoms with Crippen LogP contribution < -0.4 is 0 Å². The summed E-state index contributed by atoms with van der Waals surface area (Å²) in [5.41, 5.74) is 3.94. The molecule has 3 aromatic heterocycles. The molecule has 0 aliphatic heterocycles. The number of hydrogen-bond donors (Lipinski definition) is 0. The Morgan fingerprint density at radius 2 is 2.11 bits per heavy atom. The predicted molar refractivity (Wildman–Crippen MR) is 64.6 cm³/mol. The first-order chi connectivity index (χ1) is 8.72. The van der Waals surface area contributed by atoms with Crippen LogP contribution in [0.1, 0.15) is 11.3 Å². The van der Waals surface area contributed by atoms with Gasteiger partial charge in [0.25, 0.3) is 0 Å². The average molecular weight is 238 g/mol. The molecule has 0 spiro atoms. The summed E-state index contributed by atoms with van der Waals surface area (Å²) in [5.74, 6) is 0. The first-order valence-corrected chi connectivity index (χ1v) is 5.44. The van der Waals surface area contributed by atoms with Crippen LogP contribution >= 0.6 is 0 Å². The number of fused-ring (bicyclic) bond motifs is 1. The van der Waals surface area contributed by atoms with Crippen molar-refractivity contribution < 1.29 is 0 Å². The van der Waals surface area contributed by atoms with Crippen LogP contribution in [0.4, 0.5) is 0 Å². The van der Waals surface area contributed by atoms with Gasteiger partial charge in [-0.25, -0.2) is 9.50 Å². The van der Waals surface area contributed by atoms with Crippen molar-refractivity contribution in [2.75, 3.05) is 0 Å². The van der Waals surface area contributed by atoms with Gasteiger partial charge in [-0.3, -0.25) is 4.68 Å². The van der Waals surface area contributed by atoms with Crippen LogP contribution in [-0.2, 0) is 7.05 Å². The quantitative estimate of drug-likeness (QED) is 0.640. The van der Waals surface area contributed by atoms with Crippen molar-refractivity contribution in [1.29, 1.82) is 5.26 Å². The van der Waals surface area contributed by atoms with Crippen molar-refractivity contribution in [3.8, 4) is 17.3 Å². The van der Waals surface area contributed by atoms with Crippen LogP contribution in [0.5, 0.6) is 0 Å². The smallest absolute Gasteiger partial charge is 0.173 e. The predicted octanol–water partition coefficient (Wildman–Crippen LogP) is 1.31. The molecule has 18 heavy (non-hydrogen) atoms. The molecule has 6 heteroatoms. The van der Waals surface area contributed by atoms with E-state index in [0.29, 0.717) is 11.2 Å². The second-order valence-electron chi connectivity index (χ2n) is 4.00. The second-order valence-corrected chi connectivity index (χ2v) is 4.00. The number of hydrogen-bond acceptors (Lipinski definition) is 4. The van der Waals surface area contributed by atoms with E-state index in [-0.39, 0.29) is 0 Å². The van der Waals surface area contributed by atoms with Gasteiger partial charge in [-0.05, 0) is 13.0 Å². The normalized spacial score (nSPS) is 10.7. The molecule has 3 aromatic rings. The Balaban J connectivity index is 2.34. The summed E-state index contributed by atoms with van der Waals surface area (Å²) in [6.07, 6.45) is 5.00. The highest BCUT2D eigenvalue weighted by molar-refractivity contribution is 5.66. The van der Waals surface area contributed by atoms with Crippen LogP contribution in [0.25, 0.3) is 16.9 Å². The van der Waals surface area contributed by atoms with E-state index in [2.05, 4.69) is 21.3 Å². The fourth-order valence-corrected chi connectivity index (χ4v) is 1.92. The van der Waals surface area contributed by atoms with Crippen LogP contribution in [0, 0.1) is 18.3 Å². The van der Waals surface area contributed by atoms with Crippen molar-refractivity contribution in [1.82, 2.24) is 24.4 Å². The molecule has 0 radical (unpaired) electrons. The molecule has 0 unspecified atom stereocenters. The van der Waals surface area contributed by atoms with Gasteiger partial charge in [-0.2, -0.15) is 15.5 Å². The SMILES string of the molecule is Cc1c(-c2ccnc3c(C#N)cnn23)cnn1C. The Hall–Kier alpha value is -2.68. The topological polar surface area (TPSA) is 71.8 Å². The number of nitrogens with zero attached hydrogens (tertiary/aromatic N) is 6. The van der Waals surface area contributed by atoms with Gasteiger partial charge in [0.2, 0.25) is 0 Å². The first kappa shape index (κ1) is 10.5. The highest BCUT2D eigenvalue weighted by Crippen LogP contribution is 2.23. The lowest BCUT2D eigenvalue weighted by Gasteiger charge is -2.03. The molecular formula is C12H10N6. The maximum absolute atomic E-state index is 8.98. The van der Waals surface area contributed by atoms with Crippen LogP contribution in [-0.4, -0.2) is 24.4 Å². The summed E-state index contributed by atoms with van der Waals surface area (Å²) in [4.78, 5) is 4.19. The third kappa shape index (κ3) is 1.31. The summed E-state index contributed by atoms with van der Waals surface area (Å²) in [5, 5.41) is 17.4. The van der Waals surface area contributed by atoms with E-state index in [4.69, 9.17) is 5.26 Å². The van der Waals surface area contributed by atoms with Gasteiger partial charge < -0.3 is 0 Å². The van der Waals surface area contributed by atoms with Gasteiger partial charge in [0.15, 0.2) is 5.65 Å². The van der Waals surface area contributed by atoms with E-state index in [1.807, 2.05) is 20.0 Å². The van der Waals surface area contributed by atoms with Gasteiger partial charge >= 0.3 is 0 Å². The Morgan fingerprint density at radius 3 is 2.78 bits per heavy atom. The van der Waals surface area contributed by atoms with Crippen LogP contribution in [0.3, 0.4) is 0 Å². The molecule has 0 aromatic carbocycles. The third-order valence-electron chi connectivity index (χ3n) is 3.03. The van der Waals surface area contributed by atoms with Crippen LogP contribution in [0.15, 0.2) is 24.7 Å². The van der Waals surface area contributed by atoms with E-state index >= 15 is 0 Å². The number of nitriles is 1. The number of rotatable bonds is 1. The summed E-state index contributed by atoms with van der Waals surface area (Å²) in [6, 6.07) is 3.95. The Kier molecular flexibility index (Phi) is 2.13. The van der Waals surface area contributed by atoms with Gasteiger partial charge in [0.1, 0.15) is 11.6 Å². The van der Waals surface area contributed by atoms with Gasteiger partial charge in [-0.1, -0.05) is 0 Å². The largest absolute Gasteiger partial charge is 0.272 e. The van der Waals surface area contributed by atoms with Crippen molar-refractivity contribution in [3.63, 3.8) is 0 Å². The number of aryl methyl sites for hydroxylation is 1. The van der Waals surface area contributed by atoms with E-state index in [9.17, 15) is 0 Å². The summed E-state index contributed by atoms with van der Waals surface area (Å²) in [7, 11) is 1.89. The Labute approximate surface area is 103 Å². The highest BCUT2D eigenvalue weighted by atomic mass is 15.3. The maximum atomic E-state index is 8.98. The van der Waals surface area contributed by atoms with Crippen molar-refractivity contribution >= 4 is 5.65 Å². The van der Waals surface area contributed by atoms with E-state index in [1.54, 1.807) is 21.6 Å². The Morgan fingerprint density at radius 1 is 1.28 bits per heavy atom. The molecule has 0 fully saturated rings. The lowest BCUT2D eigenvalue weighted by molar-refractivity contribution is 0.740. The fourth-order valence-electron chi connectivity index (χ4n) is 1.92. The first-order valence-electron chi connectivity index (χ1n) is 5.44. The van der Waals surface area contributed by atoms with Gasteiger partial charge in [0.05, 0.1) is 18.1 Å². The monoisotopic (exact) mass is 238 g/mol. The van der Waals surface area contributed by atoms with Crippen molar-refractivity contribution in [3.05, 3.63) is 35.9 Å². The lowest BCUT2D eigenvalue weighted by Crippen LogP contribution is -1.97. The van der Waals surface area contributed by atoms with Crippen molar-refractivity contribution in [2.45, 2.75) is 6.92 Å². The zero-order valence-electron chi connectivity index (χ0n) is 9.99. The zero-order chi connectivity index (χ0) is 12.7. The highest BCUT2D eigenvalue weighted by Gasteiger charge is 2.13. The van der Waals surface area contributed by atoms with Gasteiger partial charge in [-0.15, -0.1) is 0 Å². The second kappa shape index (κ2) is 3.67. The molecule has 0 bridgehead atoms. The van der Waals surface area contributed by atoms with E-state index < -0.39 is 0 Å². The standard InChI is InChI=1S/C12H10N6/c1-8-10(7-15-17(8)2)11-3-4-14-12-9(5-13)6-16-18(11)12/h3-4,6-7H,1-2H3. The molecule has 0 saturated heterocycles. The van der Waals surface area contributed by atoms with E-state index in [1.165, 1.54) is 6.20 Å². The molecule has 6 nitrogen and oxygen atoms in total. The van der Waals surface area contributed by atoms with Crippen molar-refractivity contribution in [2.24, 2.45) is 7.05 Å². The Bertz CT molecular complexity index is 774. The van der Waals surface area contributed by atoms with Crippen LogP contribution in [0.2, 0.25) is 0 Å². The average Bonchev–Trinajstić information content (AvgIpc) is 2.94. The van der Waals surface area contributed by atoms with E-state index in [0.717, 1.165) is 17.0 Å². The molecule has 0 N–H and O–H groups in total. The minimum atomic E-state index is 0.471. The maximum Gasteiger partial charge on any atom is 0.173 e. The fraction of sp³-hybridized carbons (Fsp3) is 0.167.